The van der Waals surface area contributed by atoms with Gasteiger partial charge in [0.25, 0.3) is 0 Å². The average molecular weight is 245 g/mol. The molecule has 1 fully saturated rings. The summed E-state index contributed by atoms with van der Waals surface area (Å²) in [5.41, 5.74) is -0.939. The number of hydrogen-bond donors (Lipinski definition) is 1. The number of carboxylic acid groups (broad SMARTS) is 1. The lowest BCUT2D eigenvalue weighted by Gasteiger charge is -2.13. The molecule has 0 aromatic heterocycles. The molecule has 0 saturated heterocycles. The van der Waals surface area contributed by atoms with Crippen molar-refractivity contribution < 1.29 is 19.0 Å². The quantitative estimate of drug-likeness (QED) is 0.889. The van der Waals surface area contributed by atoms with Crippen LogP contribution in [0.15, 0.2) is 12.1 Å². The maximum absolute atomic E-state index is 13.7. The van der Waals surface area contributed by atoms with Crippen LogP contribution in [0, 0.1) is 5.82 Å². The Morgan fingerprint density at radius 1 is 1.56 bits per heavy atom. The van der Waals surface area contributed by atoms with Crippen LogP contribution in [0.1, 0.15) is 18.4 Å². The van der Waals surface area contributed by atoms with Gasteiger partial charge >= 0.3 is 5.97 Å². The molecule has 1 aliphatic carbocycles. The van der Waals surface area contributed by atoms with Crippen molar-refractivity contribution in [1.82, 2.24) is 0 Å². The predicted molar refractivity (Wildman–Crippen MR) is 56.5 cm³/mol. The lowest BCUT2D eigenvalue weighted by Crippen LogP contribution is -2.21. The highest BCUT2D eigenvalue weighted by Gasteiger charge is 2.53. The van der Waals surface area contributed by atoms with E-state index in [0.717, 1.165) is 6.07 Å². The van der Waals surface area contributed by atoms with Crippen molar-refractivity contribution in [1.29, 1.82) is 0 Å². The van der Waals surface area contributed by atoms with Gasteiger partial charge in [0.1, 0.15) is 11.6 Å². The van der Waals surface area contributed by atoms with Crippen molar-refractivity contribution in [2.75, 3.05) is 7.11 Å². The van der Waals surface area contributed by atoms with E-state index < -0.39 is 17.2 Å². The molecule has 0 amide bonds. The standard InChI is InChI=1S/C11H10ClFO3/c1-16-9-5-8(13)6(4-7(9)12)11(2-3-11)10(14)15/h4-5H,2-3H2,1H3,(H,14,15). The molecule has 0 radical (unpaired) electrons. The molecule has 1 aromatic carbocycles. The number of rotatable bonds is 3. The maximum Gasteiger partial charge on any atom is 0.314 e. The molecular formula is C11H10ClFO3. The highest BCUT2D eigenvalue weighted by Crippen LogP contribution is 2.50. The molecule has 0 unspecified atom stereocenters. The minimum atomic E-state index is -1.08. The number of benzene rings is 1. The van der Waals surface area contributed by atoms with Crippen LogP contribution in [0.2, 0.25) is 5.02 Å². The fourth-order valence-corrected chi connectivity index (χ4v) is 2.02. The zero-order chi connectivity index (χ0) is 11.9. The van der Waals surface area contributed by atoms with E-state index in [4.69, 9.17) is 21.4 Å². The van der Waals surface area contributed by atoms with Gasteiger partial charge in [0.15, 0.2) is 0 Å². The summed E-state index contributed by atoms with van der Waals surface area (Å²) < 4.78 is 18.6. The highest BCUT2D eigenvalue weighted by atomic mass is 35.5. The normalized spacial score (nSPS) is 16.9. The Bertz CT molecular complexity index is 455. The van der Waals surface area contributed by atoms with Crippen LogP contribution in [0.3, 0.4) is 0 Å². The molecule has 3 nitrogen and oxygen atoms in total. The van der Waals surface area contributed by atoms with Gasteiger partial charge in [-0.15, -0.1) is 0 Å². The molecule has 0 atom stereocenters. The van der Waals surface area contributed by atoms with Crippen molar-refractivity contribution >= 4 is 17.6 Å². The zero-order valence-corrected chi connectivity index (χ0v) is 9.34. The van der Waals surface area contributed by atoms with Gasteiger partial charge in [-0.3, -0.25) is 4.79 Å². The summed E-state index contributed by atoms with van der Waals surface area (Å²) in [5, 5.41) is 9.29. The Balaban J connectivity index is 2.51. The van der Waals surface area contributed by atoms with Crippen LogP contribution >= 0.6 is 11.6 Å². The Kier molecular flexibility index (Phi) is 2.54. The minimum Gasteiger partial charge on any atom is -0.495 e. The Hall–Kier alpha value is -1.29. The molecule has 0 spiro atoms. The van der Waals surface area contributed by atoms with E-state index >= 15 is 0 Å². The molecule has 5 heteroatoms. The molecule has 2 rings (SSSR count). The Morgan fingerprint density at radius 2 is 2.19 bits per heavy atom. The second-order valence-corrected chi connectivity index (χ2v) is 4.26. The second-order valence-electron chi connectivity index (χ2n) is 3.85. The third-order valence-corrected chi connectivity index (χ3v) is 3.21. The fraction of sp³-hybridized carbons (Fsp3) is 0.364. The van der Waals surface area contributed by atoms with Crippen LogP contribution in [0.5, 0.6) is 5.75 Å². The fourth-order valence-electron chi connectivity index (χ4n) is 1.78. The van der Waals surface area contributed by atoms with Crippen LogP contribution in [0.4, 0.5) is 4.39 Å². The van der Waals surface area contributed by atoms with Crippen molar-refractivity contribution in [3.05, 3.63) is 28.5 Å². The van der Waals surface area contributed by atoms with Gasteiger partial charge < -0.3 is 9.84 Å². The first-order valence-electron chi connectivity index (χ1n) is 4.78. The largest absolute Gasteiger partial charge is 0.495 e. The maximum atomic E-state index is 13.7. The summed E-state index contributed by atoms with van der Waals surface area (Å²) in [5.74, 6) is -1.38. The molecule has 1 N–H and O–H groups in total. The number of hydrogen-bond acceptors (Lipinski definition) is 2. The van der Waals surface area contributed by atoms with Gasteiger partial charge in [-0.2, -0.15) is 0 Å². The Labute approximate surface area is 96.8 Å². The van der Waals surface area contributed by atoms with E-state index in [1.807, 2.05) is 0 Å². The van der Waals surface area contributed by atoms with Gasteiger partial charge in [0, 0.05) is 11.6 Å². The number of methoxy groups -OCH3 is 1. The Morgan fingerprint density at radius 3 is 2.62 bits per heavy atom. The van der Waals surface area contributed by atoms with E-state index in [1.54, 1.807) is 0 Å². The molecule has 1 aromatic rings. The number of halogens is 2. The highest BCUT2D eigenvalue weighted by molar-refractivity contribution is 6.32. The number of carbonyl (C=O) groups is 1. The number of carboxylic acids is 1. The van der Waals surface area contributed by atoms with E-state index in [1.165, 1.54) is 13.2 Å². The molecule has 16 heavy (non-hydrogen) atoms. The molecule has 0 aliphatic heterocycles. The number of aliphatic carboxylic acids is 1. The van der Waals surface area contributed by atoms with Gasteiger partial charge in [0.05, 0.1) is 17.5 Å². The average Bonchev–Trinajstić information content (AvgIpc) is 3.01. The topological polar surface area (TPSA) is 46.5 Å². The third kappa shape index (κ3) is 1.53. The summed E-state index contributed by atoms with van der Waals surface area (Å²) in [6, 6.07) is 2.47. The molecule has 0 bridgehead atoms. The molecule has 86 valence electrons. The van der Waals surface area contributed by atoms with Crippen molar-refractivity contribution in [2.24, 2.45) is 0 Å². The molecular weight excluding hydrogens is 235 g/mol. The molecule has 1 aliphatic rings. The second kappa shape index (κ2) is 3.63. The van der Waals surface area contributed by atoms with Crippen molar-refractivity contribution in [3.63, 3.8) is 0 Å². The summed E-state index contributed by atoms with van der Waals surface area (Å²) in [6.07, 6.45) is 0.893. The summed E-state index contributed by atoms with van der Waals surface area (Å²) in [7, 11) is 1.38. The van der Waals surface area contributed by atoms with Crippen LogP contribution in [0.25, 0.3) is 0 Å². The first-order chi connectivity index (χ1) is 7.51. The van der Waals surface area contributed by atoms with E-state index in [2.05, 4.69) is 0 Å². The third-order valence-electron chi connectivity index (χ3n) is 2.92. The molecule has 1 saturated carbocycles. The monoisotopic (exact) mass is 244 g/mol. The summed E-state index contributed by atoms with van der Waals surface area (Å²) >= 11 is 5.86. The first kappa shape index (κ1) is 11.2. The SMILES string of the molecule is COc1cc(F)c(C2(C(=O)O)CC2)cc1Cl. The van der Waals surface area contributed by atoms with Gasteiger partial charge in [-0.25, -0.2) is 4.39 Å². The van der Waals surface area contributed by atoms with Crippen LogP contribution < -0.4 is 4.74 Å². The van der Waals surface area contributed by atoms with Crippen molar-refractivity contribution in [2.45, 2.75) is 18.3 Å². The number of ether oxygens (including phenoxy) is 1. The van der Waals surface area contributed by atoms with E-state index in [0.29, 0.717) is 12.8 Å². The van der Waals surface area contributed by atoms with E-state index in [-0.39, 0.29) is 16.3 Å². The lowest BCUT2D eigenvalue weighted by molar-refractivity contribution is -0.140. The van der Waals surface area contributed by atoms with Gasteiger partial charge in [-0.05, 0) is 18.9 Å². The lowest BCUT2D eigenvalue weighted by atomic mass is 9.95. The van der Waals surface area contributed by atoms with Gasteiger partial charge in [-0.1, -0.05) is 11.6 Å². The summed E-state index contributed by atoms with van der Waals surface area (Å²) in [6.45, 7) is 0. The zero-order valence-electron chi connectivity index (χ0n) is 8.59. The van der Waals surface area contributed by atoms with E-state index in [9.17, 15) is 9.18 Å². The predicted octanol–water partition coefficient (Wildman–Crippen LogP) is 2.60. The van der Waals surface area contributed by atoms with Gasteiger partial charge in [0.2, 0.25) is 0 Å². The van der Waals surface area contributed by atoms with Crippen molar-refractivity contribution in [3.8, 4) is 5.75 Å². The first-order valence-corrected chi connectivity index (χ1v) is 5.16. The minimum absolute atomic E-state index is 0.144. The van der Waals surface area contributed by atoms with Crippen LogP contribution in [-0.2, 0) is 10.2 Å². The molecule has 0 heterocycles. The smallest absolute Gasteiger partial charge is 0.314 e. The van der Waals surface area contributed by atoms with Crippen LogP contribution in [-0.4, -0.2) is 18.2 Å². The summed E-state index contributed by atoms with van der Waals surface area (Å²) in [4.78, 5) is 11.1.